The zero-order valence-corrected chi connectivity index (χ0v) is 13.2. The van der Waals surface area contributed by atoms with E-state index in [2.05, 4.69) is 4.72 Å². The van der Waals surface area contributed by atoms with Crippen LogP contribution in [0.4, 0.5) is 0 Å². The Morgan fingerprint density at radius 3 is 2.25 bits per heavy atom. The summed E-state index contributed by atoms with van der Waals surface area (Å²) in [5, 5.41) is 9.01. The number of nitrogens with one attached hydrogen (secondary N) is 1. The molecule has 0 heterocycles. The topological polar surface area (TPSA) is 66.4 Å². The van der Waals surface area contributed by atoms with Crippen LogP contribution in [0, 0.1) is 5.92 Å². The van der Waals surface area contributed by atoms with Gasteiger partial charge in [-0.15, -0.1) is 0 Å². The van der Waals surface area contributed by atoms with Gasteiger partial charge in [0, 0.05) is 12.6 Å². The first-order chi connectivity index (χ1) is 9.35. The summed E-state index contributed by atoms with van der Waals surface area (Å²) in [4.78, 5) is 0. The van der Waals surface area contributed by atoms with Crippen molar-refractivity contribution in [2.45, 2.75) is 39.2 Å². The third-order valence-electron chi connectivity index (χ3n) is 3.41. The Morgan fingerprint density at radius 1 is 1.15 bits per heavy atom. The van der Waals surface area contributed by atoms with Crippen LogP contribution in [-0.4, -0.2) is 31.9 Å². The van der Waals surface area contributed by atoms with E-state index in [0.29, 0.717) is 6.42 Å². The molecule has 0 fully saturated rings. The van der Waals surface area contributed by atoms with Crippen molar-refractivity contribution in [3.8, 4) is 0 Å². The van der Waals surface area contributed by atoms with Gasteiger partial charge in [-0.25, -0.2) is 13.1 Å². The van der Waals surface area contributed by atoms with Gasteiger partial charge < -0.3 is 5.11 Å². The Kier molecular flexibility index (Phi) is 6.65. The first-order valence-corrected chi connectivity index (χ1v) is 8.66. The van der Waals surface area contributed by atoms with E-state index in [1.807, 2.05) is 51.1 Å². The van der Waals surface area contributed by atoms with Gasteiger partial charge in [0.1, 0.15) is 0 Å². The second-order valence-corrected chi connectivity index (χ2v) is 7.37. The van der Waals surface area contributed by atoms with Crippen LogP contribution in [0.3, 0.4) is 0 Å². The van der Waals surface area contributed by atoms with E-state index in [1.165, 1.54) is 0 Å². The Morgan fingerprint density at radius 2 is 1.75 bits per heavy atom. The number of aliphatic hydroxyl groups is 1. The van der Waals surface area contributed by atoms with E-state index in [-0.39, 0.29) is 30.2 Å². The van der Waals surface area contributed by atoms with Gasteiger partial charge >= 0.3 is 0 Å². The molecule has 2 atom stereocenters. The molecular formula is C15H25NO3S. The molecule has 0 radical (unpaired) electrons. The van der Waals surface area contributed by atoms with Crippen molar-refractivity contribution in [2.75, 3.05) is 12.4 Å². The summed E-state index contributed by atoms with van der Waals surface area (Å²) < 4.78 is 27.1. The average Bonchev–Trinajstić information content (AvgIpc) is 2.38. The standard InChI is InChI=1S/C15H25NO3S/c1-12(2)15(9-10-17)16-20(18,19)11-13(3)14-7-5-4-6-8-14/h4-8,12-13,15-17H,9-11H2,1-3H3. The van der Waals surface area contributed by atoms with Gasteiger partial charge in [0.05, 0.1) is 5.75 Å². The van der Waals surface area contributed by atoms with Crippen molar-refractivity contribution in [1.82, 2.24) is 4.72 Å². The maximum atomic E-state index is 12.2. The molecule has 0 saturated heterocycles. The summed E-state index contributed by atoms with van der Waals surface area (Å²) in [5.41, 5.74) is 1.01. The summed E-state index contributed by atoms with van der Waals surface area (Å²) in [7, 11) is -3.36. The lowest BCUT2D eigenvalue weighted by atomic mass is 10.0. The molecule has 0 aromatic heterocycles. The summed E-state index contributed by atoms with van der Waals surface area (Å²) in [6.07, 6.45) is 0.441. The maximum absolute atomic E-state index is 12.2. The smallest absolute Gasteiger partial charge is 0.212 e. The summed E-state index contributed by atoms with van der Waals surface area (Å²) in [6, 6.07) is 9.40. The number of sulfonamides is 1. The summed E-state index contributed by atoms with van der Waals surface area (Å²) >= 11 is 0. The summed E-state index contributed by atoms with van der Waals surface area (Å²) in [6.45, 7) is 5.79. The second-order valence-electron chi connectivity index (χ2n) is 5.57. The van der Waals surface area contributed by atoms with E-state index in [1.54, 1.807) is 0 Å². The van der Waals surface area contributed by atoms with E-state index >= 15 is 0 Å². The van der Waals surface area contributed by atoms with Crippen LogP contribution in [-0.2, 0) is 10.0 Å². The van der Waals surface area contributed by atoms with Crippen molar-refractivity contribution >= 4 is 10.0 Å². The van der Waals surface area contributed by atoms with Gasteiger partial charge in [-0.1, -0.05) is 51.1 Å². The molecule has 2 unspecified atom stereocenters. The Bertz CT molecular complexity index is 485. The minimum Gasteiger partial charge on any atom is -0.396 e. The molecule has 0 aliphatic heterocycles. The van der Waals surface area contributed by atoms with E-state index in [4.69, 9.17) is 5.11 Å². The first-order valence-electron chi connectivity index (χ1n) is 7.01. The number of aliphatic hydroxyl groups excluding tert-OH is 1. The SMILES string of the molecule is CC(CS(=O)(=O)NC(CCO)C(C)C)c1ccccc1. The molecule has 1 aromatic rings. The van der Waals surface area contributed by atoms with E-state index < -0.39 is 10.0 Å². The van der Waals surface area contributed by atoms with Crippen LogP contribution in [0.25, 0.3) is 0 Å². The first kappa shape index (κ1) is 17.1. The van der Waals surface area contributed by atoms with E-state index in [0.717, 1.165) is 5.56 Å². The highest BCUT2D eigenvalue weighted by Crippen LogP contribution is 2.17. The molecule has 5 heteroatoms. The minimum atomic E-state index is -3.36. The maximum Gasteiger partial charge on any atom is 0.212 e. The number of benzene rings is 1. The van der Waals surface area contributed by atoms with Crippen molar-refractivity contribution in [3.05, 3.63) is 35.9 Å². The third kappa shape index (κ3) is 5.61. The predicted octanol–water partition coefficient (Wildman–Crippen LogP) is 2.12. The zero-order valence-electron chi connectivity index (χ0n) is 12.4. The highest BCUT2D eigenvalue weighted by atomic mass is 32.2. The fourth-order valence-electron chi connectivity index (χ4n) is 2.15. The molecule has 0 aliphatic rings. The summed E-state index contributed by atoms with van der Waals surface area (Å²) in [5.74, 6) is 0.158. The number of rotatable bonds is 8. The quantitative estimate of drug-likeness (QED) is 0.772. The van der Waals surface area contributed by atoms with Crippen molar-refractivity contribution in [1.29, 1.82) is 0 Å². The van der Waals surface area contributed by atoms with Gasteiger partial charge in [-0.3, -0.25) is 0 Å². The molecule has 2 N–H and O–H groups in total. The molecule has 0 bridgehead atoms. The molecule has 0 saturated carbocycles. The van der Waals surface area contributed by atoms with Crippen LogP contribution in [0.2, 0.25) is 0 Å². The predicted molar refractivity (Wildman–Crippen MR) is 82.1 cm³/mol. The fraction of sp³-hybridized carbons (Fsp3) is 0.600. The van der Waals surface area contributed by atoms with Gasteiger partial charge in [0.2, 0.25) is 10.0 Å². The largest absolute Gasteiger partial charge is 0.396 e. The molecule has 1 rings (SSSR count). The minimum absolute atomic E-state index is 0.0143. The van der Waals surface area contributed by atoms with Crippen molar-refractivity contribution in [3.63, 3.8) is 0 Å². The highest BCUT2D eigenvalue weighted by molar-refractivity contribution is 7.89. The molecule has 20 heavy (non-hydrogen) atoms. The zero-order chi connectivity index (χ0) is 15.2. The normalized spacial score (nSPS) is 15.2. The van der Waals surface area contributed by atoms with Gasteiger partial charge in [-0.05, 0) is 23.8 Å². The Hall–Kier alpha value is -0.910. The van der Waals surface area contributed by atoms with Crippen LogP contribution in [0.1, 0.15) is 38.7 Å². The number of hydrogen-bond acceptors (Lipinski definition) is 3. The van der Waals surface area contributed by atoms with E-state index in [9.17, 15) is 8.42 Å². The molecule has 114 valence electrons. The lowest BCUT2D eigenvalue weighted by Crippen LogP contribution is -2.41. The second kappa shape index (κ2) is 7.76. The number of hydrogen-bond donors (Lipinski definition) is 2. The van der Waals surface area contributed by atoms with Crippen molar-refractivity contribution in [2.24, 2.45) is 5.92 Å². The molecular weight excluding hydrogens is 274 g/mol. The van der Waals surface area contributed by atoms with Crippen molar-refractivity contribution < 1.29 is 13.5 Å². The molecule has 0 amide bonds. The Labute approximate surface area is 122 Å². The molecule has 4 nitrogen and oxygen atoms in total. The molecule has 1 aromatic carbocycles. The van der Waals surface area contributed by atoms with Crippen LogP contribution in [0.15, 0.2) is 30.3 Å². The highest BCUT2D eigenvalue weighted by Gasteiger charge is 2.22. The van der Waals surface area contributed by atoms with Gasteiger partial charge in [0.15, 0.2) is 0 Å². The molecule has 0 spiro atoms. The Balaban J connectivity index is 2.69. The van der Waals surface area contributed by atoms with Crippen LogP contribution >= 0.6 is 0 Å². The van der Waals surface area contributed by atoms with Crippen LogP contribution in [0.5, 0.6) is 0 Å². The lowest BCUT2D eigenvalue weighted by molar-refractivity contribution is 0.256. The van der Waals surface area contributed by atoms with Gasteiger partial charge in [0.25, 0.3) is 0 Å². The van der Waals surface area contributed by atoms with Gasteiger partial charge in [-0.2, -0.15) is 0 Å². The third-order valence-corrected chi connectivity index (χ3v) is 5.01. The average molecular weight is 299 g/mol. The van der Waals surface area contributed by atoms with Crippen LogP contribution < -0.4 is 4.72 Å². The lowest BCUT2D eigenvalue weighted by Gasteiger charge is -2.22. The fourth-order valence-corrected chi connectivity index (χ4v) is 3.95. The monoisotopic (exact) mass is 299 g/mol. The molecule has 0 aliphatic carbocycles.